The number of nitrogens with zero attached hydrogens (tertiary/aromatic N) is 5. The molecule has 8 heteroatoms. The van der Waals surface area contributed by atoms with Gasteiger partial charge in [0, 0.05) is 73.4 Å². The molecule has 1 N–H and O–H groups in total. The van der Waals surface area contributed by atoms with E-state index in [0.29, 0.717) is 23.9 Å². The highest BCUT2D eigenvalue weighted by Gasteiger charge is 2.41. The summed E-state index contributed by atoms with van der Waals surface area (Å²) < 4.78 is 11.4. The van der Waals surface area contributed by atoms with E-state index in [0.717, 1.165) is 56.1 Å². The second kappa shape index (κ2) is 9.43. The topological polar surface area (TPSA) is 75.6 Å². The number of benzene rings is 1. The summed E-state index contributed by atoms with van der Waals surface area (Å²) in [5.74, 6) is 1.21. The molecule has 0 amide bonds. The zero-order valence-electron chi connectivity index (χ0n) is 20.4. The molecule has 5 heterocycles. The maximum absolute atomic E-state index is 5.99. The Morgan fingerprint density at radius 3 is 2.63 bits per heavy atom. The van der Waals surface area contributed by atoms with Crippen molar-refractivity contribution in [1.29, 1.82) is 0 Å². The van der Waals surface area contributed by atoms with E-state index < -0.39 is 0 Å². The number of aromatic nitrogens is 3. The van der Waals surface area contributed by atoms with Crippen LogP contribution in [0.3, 0.4) is 0 Å². The molecule has 2 atom stereocenters. The quantitative estimate of drug-likeness (QED) is 0.576. The van der Waals surface area contributed by atoms with Crippen molar-refractivity contribution in [3.05, 3.63) is 54.4 Å². The van der Waals surface area contributed by atoms with Crippen LogP contribution >= 0.6 is 0 Å². The number of hydrogen-bond acceptors (Lipinski definition) is 8. The number of fused-ring (bicyclic) bond motifs is 2. The van der Waals surface area contributed by atoms with Crippen LogP contribution < -0.4 is 15.0 Å². The predicted octanol–water partition coefficient (Wildman–Crippen LogP) is 4.04. The number of rotatable bonds is 6. The Morgan fingerprint density at radius 1 is 1.03 bits per heavy atom. The second-order valence-electron chi connectivity index (χ2n) is 9.84. The first-order chi connectivity index (χ1) is 17.1. The summed E-state index contributed by atoms with van der Waals surface area (Å²) in [5, 5.41) is 3.37. The van der Waals surface area contributed by atoms with Gasteiger partial charge in [0.1, 0.15) is 6.10 Å². The first kappa shape index (κ1) is 22.2. The third-order valence-corrected chi connectivity index (χ3v) is 7.42. The van der Waals surface area contributed by atoms with E-state index in [9.17, 15) is 0 Å². The van der Waals surface area contributed by atoms with Gasteiger partial charge in [-0.25, -0.2) is 15.0 Å². The molecular formula is C27H32N6O2. The molecule has 3 fully saturated rings. The summed E-state index contributed by atoms with van der Waals surface area (Å²) in [7, 11) is 2.24. The van der Waals surface area contributed by atoms with Crippen LogP contribution in [0.5, 0.6) is 5.88 Å². The van der Waals surface area contributed by atoms with Crippen molar-refractivity contribution in [2.45, 2.75) is 44.4 Å². The Kier molecular flexibility index (Phi) is 6.00. The molecule has 3 aromatic rings. The van der Waals surface area contributed by atoms with E-state index in [1.165, 1.54) is 17.7 Å². The Hall–Kier alpha value is -3.23. The average molecular weight is 473 g/mol. The summed E-state index contributed by atoms with van der Waals surface area (Å²) in [6.45, 7) is 5.95. The van der Waals surface area contributed by atoms with Crippen LogP contribution in [0.2, 0.25) is 0 Å². The fourth-order valence-corrected chi connectivity index (χ4v) is 5.49. The molecule has 3 saturated heterocycles. The van der Waals surface area contributed by atoms with Gasteiger partial charge < -0.3 is 19.7 Å². The van der Waals surface area contributed by atoms with Crippen LogP contribution in [0, 0.1) is 6.92 Å². The van der Waals surface area contributed by atoms with Crippen molar-refractivity contribution >= 4 is 17.3 Å². The molecule has 0 radical (unpaired) electrons. The van der Waals surface area contributed by atoms with Crippen molar-refractivity contribution in [1.82, 2.24) is 19.9 Å². The molecule has 3 aliphatic rings. The van der Waals surface area contributed by atoms with Crippen molar-refractivity contribution < 1.29 is 9.47 Å². The maximum atomic E-state index is 5.99. The first-order valence-electron chi connectivity index (χ1n) is 12.5. The second-order valence-corrected chi connectivity index (χ2v) is 9.84. The van der Waals surface area contributed by atoms with E-state index in [4.69, 9.17) is 14.5 Å². The van der Waals surface area contributed by atoms with Gasteiger partial charge in [-0.15, -0.1) is 0 Å². The van der Waals surface area contributed by atoms with Crippen molar-refractivity contribution in [2.24, 2.45) is 0 Å². The van der Waals surface area contributed by atoms with Crippen LogP contribution in [0.1, 0.15) is 24.8 Å². The molecule has 2 aromatic heterocycles. The number of hydrogen-bond donors (Lipinski definition) is 1. The number of piperazine rings is 1. The van der Waals surface area contributed by atoms with Crippen LogP contribution in [-0.4, -0.2) is 71.4 Å². The smallest absolute Gasteiger partial charge is 0.227 e. The van der Waals surface area contributed by atoms with Crippen molar-refractivity contribution in [3.8, 4) is 17.1 Å². The highest BCUT2D eigenvalue weighted by molar-refractivity contribution is 5.66. The van der Waals surface area contributed by atoms with Gasteiger partial charge in [-0.3, -0.25) is 4.90 Å². The average Bonchev–Trinajstić information content (AvgIpc) is 3.45. The van der Waals surface area contributed by atoms with E-state index in [2.05, 4.69) is 57.3 Å². The van der Waals surface area contributed by atoms with Gasteiger partial charge in [-0.1, -0.05) is 0 Å². The largest absolute Gasteiger partial charge is 0.474 e. The minimum atomic E-state index is 0.175. The highest BCUT2D eigenvalue weighted by Crippen LogP contribution is 2.36. The summed E-state index contributed by atoms with van der Waals surface area (Å²) in [6, 6.07) is 13.6. The van der Waals surface area contributed by atoms with Gasteiger partial charge in [0.05, 0.1) is 18.9 Å². The van der Waals surface area contributed by atoms with Crippen molar-refractivity contribution in [3.63, 3.8) is 0 Å². The SMILES string of the molecule is Cc1cc(Nc2nccc(-c3ccc(OC4CCOCC4)nc3)n2)ccc1N1C[C@@H]2C[C@H]1CN2C. The van der Waals surface area contributed by atoms with Crippen LogP contribution in [-0.2, 0) is 4.74 Å². The lowest BCUT2D eigenvalue weighted by Crippen LogP contribution is -2.44. The van der Waals surface area contributed by atoms with E-state index in [1.54, 1.807) is 12.4 Å². The number of ether oxygens (including phenoxy) is 2. The lowest BCUT2D eigenvalue weighted by atomic mass is 10.1. The van der Waals surface area contributed by atoms with E-state index in [1.807, 2.05) is 18.2 Å². The lowest BCUT2D eigenvalue weighted by molar-refractivity contribution is 0.0237. The number of likely N-dealkylation sites (tertiary alicyclic amines) is 1. The van der Waals surface area contributed by atoms with Crippen molar-refractivity contribution in [2.75, 3.05) is 43.6 Å². The molecule has 35 heavy (non-hydrogen) atoms. The lowest BCUT2D eigenvalue weighted by Gasteiger charge is -2.34. The maximum Gasteiger partial charge on any atom is 0.227 e. The number of pyridine rings is 1. The minimum Gasteiger partial charge on any atom is -0.474 e. The van der Waals surface area contributed by atoms with E-state index >= 15 is 0 Å². The molecule has 0 aliphatic carbocycles. The molecular weight excluding hydrogens is 440 g/mol. The Bertz CT molecular complexity index is 1180. The van der Waals surface area contributed by atoms with E-state index in [-0.39, 0.29) is 6.10 Å². The third-order valence-electron chi connectivity index (χ3n) is 7.42. The molecule has 6 rings (SSSR count). The van der Waals surface area contributed by atoms with Gasteiger partial charge in [0.2, 0.25) is 11.8 Å². The number of aryl methyl sites for hydroxylation is 1. The molecule has 3 aliphatic heterocycles. The highest BCUT2D eigenvalue weighted by atomic mass is 16.5. The molecule has 0 unspecified atom stereocenters. The Labute approximate surface area is 206 Å². The molecule has 0 spiro atoms. The van der Waals surface area contributed by atoms with Crippen LogP contribution in [0.15, 0.2) is 48.8 Å². The molecule has 1 aromatic carbocycles. The third kappa shape index (κ3) is 4.68. The standard InChI is InChI=1S/C27H32N6O2/c1-18-13-20(4-5-25(18)33-17-21-14-22(33)16-32(21)2)30-27-28-10-7-24(31-27)19-3-6-26(29-15-19)35-23-8-11-34-12-9-23/h3-7,10,13,15,21-23H,8-9,11-12,14,16-17H2,1-2H3,(H,28,30,31)/t21-,22-/m0/s1. The molecule has 8 nitrogen and oxygen atoms in total. The normalized spacial score (nSPS) is 22.5. The summed E-state index contributed by atoms with van der Waals surface area (Å²) in [4.78, 5) is 18.7. The predicted molar refractivity (Wildman–Crippen MR) is 136 cm³/mol. The monoisotopic (exact) mass is 472 g/mol. The summed E-state index contributed by atoms with van der Waals surface area (Å²) in [6.07, 6.45) is 6.83. The molecule has 182 valence electrons. The summed E-state index contributed by atoms with van der Waals surface area (Å²) >= 11 is 0. The fourth-order valence-electron chi connectivity index (χ4n) is 5.49. The summed E-state index contributed by atoms with van der Waals surface area (Å²) in [5.41, 5.74) is 5.34. The first-order valence-corrected chi connectivity index (χ1v) is 12.5. The van der Waals surface area contributed by atoms with Crippen LogP contribution in [0.4, 0.5) is 17.3 Å². The molecule has 2 bridgehead atoms. The zero-order valence-corrected chi connectivity index (χ0v) is 20.4. The number of anilines is 3. The Morgan fingerprint density at radius 2 is 1.91 bits per heavy atom. The van der Waals surface area contributed by atoms with Gasteiger partial charge in [-0.2, -0.15) is 0 Å². The van der Waals surface area contributed by atoms with Gasteiger partial charge >= 0.3 is 0 Å². The fraction of sp³-hybridized carbons (Fsp3) is 0.444. The van der Waals surface area contributed by atoms with Gasteiger partial charge in [0.15, 0.2) is 0 Å². The number of nitrogens with one attached hydrogen (secondary N) is 1. The number of likely N-dealkylation sites (N-methyl/N-ethyl adjacent to an activating group) is 1. The Balaban J connectivity index is 1.13. The van der Waals surface area contributed by atoms with Gasteiger partial charge in [-0.05, 0) is 56.3 Å². The zero-order chi connectivity index (χ0) is 23.8. The molecule has 0 saturated carbocycles. The van der Waals surface area contributed by atoms with Gasteiger partial charge in [0.25, 0.3) is 0 Å². The minimum absolute atomic E-state index is 0.175. The van der Waals surface area contributed by atoms with Crippen LogP contribution in [0.25, 0.3) is 11.3 Å².